The summed E-state index contributed by atoms with van der Waals surface area (Å²) in [7, 11) is 3.19. The number of hydrogen-bond acceptors (Lipinski definition) is 5. The second-order valence-corrected chi connectivity index (χ2v) is 7.25. The molecule has 1 aliphatic rings. The maximum atomic E-state index is 11.9. The van der Waals surface area contributed by atoms with E-state index in [9.17, 15) is 4.79 Å². The third-order valence-electron chi connectivity index (χ3n) is 5.14. The normalized spacial score (nSPS) is 19.0. The monoisotopic (exact) mass is 512 g/mol. The topological polar surface area (TPSA) is 80.0 Å². The van der Waals surface area contributed by atoms with Crippen LogP contribution in [0.1, 0.15) is 18.2 Å². The molecule has 158 valence electrons. The lowest BCUT2D eigenvalue weighted by Gasteiger charge is -2.21. The minimum atomic E-state index is -0.156. The number of methoxy groups -OCH3 is 1. The van der Waals surface area contributed by atoms with Gasteiger partial charge in [0.25, 0.3) is 0 Å². The van der Waals surface area contributed by atoms with E-state index in [1.807, 2.05) is 24.3 Å². The molecule has 0 aliphatic carbocycles. The van der Waals surface area contributed by atoms with Crippen molar-refractivity contribution in [3.63, 3.8) is 0 Å². The molecule has 2 heterocycles. The zero-order valence-corrected chi connectivity index (χ0v) is 19.7. The average Bonchev–Trinajstić information content (AvgIpc) is 3.32. The van der Waals surface area contributed by atoms with Crippen molar-refractivity contribution in [3.8, 4) is 11.5 Å². The Labute approximate surface area is 188 Å². The number of nitrogens with zero attached hydrogens (tertiary/aromatic N) is 3. The Morgan fingerprint density at radius 1 is 1.34 bits per heavy atom. The van der Waals surface area contributed by atoms with Crippen molar-refractivity contribution in [2.45, 2.75) is 20.3 Å². The van der Waals surface area contributed by atoms with E-state index < -0.39 is 0 Å². The summed E-state index contributed by atoms with van der Waals surface area (Å²) in [5, 5.41) is 3.36. The molecule has 1 aliphatic heterocycles. The number of oxazole rings is 1. The molecule has 7 nitrogen and oxygen atoms in total. The van der Waals surface area contributed by atoms with Crippen molar-refractivity contribution < 1.29 is 13.9 Å². The molecule has 0 amide bonds. The number of aryl methyl sites for hydroxylation is 1. The van der Waals surface area contributed by atoms with Crippen molar-refractivity contribution in [1.82, 2.24) is 15.2 Å². The number of nitrogens with one attached hydrogen (secondary N) is 1. The van der Waals surface area contributed by atoms with Gasteiger partial charge in [-0.2, -0.15) is 0 Å². The highest BCUT2D eigenvalue weighted by Crippen LogP contribution is 2.24. The first-order chi connectivity index (χ1) is 13.5. The molecule has 2 aromatic rings. The van der Waals surface area contributed by atoms with Gasteiger partial charge in [-0.3, -0.25) is 9.79 Å². The van der Waals surface area contributed by atoms with Crippen molar-refractivity contribution >= 4 is 35.9 Å². The van der Waals surface area contributed by atoms with Crippen molar-refractivity contribution in [1.29, 1.82) is 0 Å². The van der Waals surface area contributed by atoms with E-state index in [0.717, 1.165) is 30.2 Å². The summed E-state index contributed by atoms with van der Waals surface area (Å²) in [6, 6.07) is 8.11. The quantitative estimate of drug-likeness (QED) is 0.287. The standard InChI is InChI=1S/C21H28N4O3.HI/c1-14-5-7-16(8-6-14)19-24-17(13-28-19)9-10-23-21(22-3)25-11-15(2)18(12-25)20(26)27-4;/h5-8,13,15,18H,9-12H2,1-4H3,(H,22,23);1H. The first-order valence-electron chi connectivity index (χ1n) is 9.56. The fraction of sp³-hybridized carbons (Fsp3) is 0.476. The highest BCUT2D eigenvalue weighted by atomic mass is 127. The second-order valence-electron chi connectivity index (χ2n) is 7.25. The number of carbonyl (C=O) groups is 1. The van der Waals surface area contributed by atoms with Gasteiger partial charge in [-0.15, -0.1) is 24.0 Å². The zero-order valence-electron chi connectivity index (χ0n) is 17.3. The van der Waals surface area contributed by atoms with Crippen LogP contribution in [-0.4, -0.2) is 55.6 Å². The first-order valence-corrected chi connectivity index (χ1v) is 9.56. The molecular formula is C21H29IN4O3. The molecule has 1 aromatic heterocycles. The first kappa shape index (κ1) is 23.2. The summed E-state index contributed by atoms with van der Waals surface area (Å²) in [6.07, 6.45) is 2.42. The second kappa shape index (κ2) is 10.6. The smallest absolute Gasteiger partial charge is 0.310 e. The molecule has 0 saturated carbocycles. The van der Waals surface area contributed by atoms with E-state index in [0.29, 0.717) is 19.0 Å². The van der Waals surface area contributed by atoms with Crippen LogP contribution in [0.25, 0.3) is 11.5 Å². The molecule has 1 N–H and O–H groups in total. The maximum Gasteiger partial charge on any atom is 0.310 e. The molecule has 8 heteroatoms. The molecule has 0 bridgehead atoms. The largest absolute Gasteiger partial charge is 0.469 e. The molecule has 29 heavy (non-hydrogen) atoms. The van der Waals surface area contributed by atoms with E-state index in [2.05, 4.69) is 34.0 Å². The lowest BCUT2D eigenvalue weighted by molar-refractivity contribution is -0.145. The predicted molar refractivity (Wildman–Crippen MR) is 123 cm³/mol. The Hall–Kier alpha value is -2.10. The van der Waals surface area contributed by atoms with Gasteiger partial charge in [0.15, 0.2) is 5.96 Å². The number of ether oxygens (including phenoxy) is 1. The minimum absolute atomic E-state index is 0. The van der Waals surface area contributed by atoms with Crippen LogP contribution < -0.4 is 5.32 Å². The summed E-state index contributed by atoms with van der Waals surface area (Å²) in [4.78, 5) is 22.9. The highest BCUT2D eigenvalue weighted by molar-refractivity contribution is 14.0. The number of halogens is 1. The summed E-state index contributed by atoms with van der Waals surface area (Å²) in [5.74, 6) is 1.39. The van der Waals surface area contributed by atoms with Crippen molar-refractivity contribution in [2.24, 2.45) is 16.8 Å². The third kappa shape index (κ3) is 5.71. The van der Waals surface area contributed by atoms with Crippen LogP contribution in [0.4, 0.5) is 0 Å². The minimum Gasteiger partial charge on any atom is -0.469 e. The highest BCUT2D eigenvalue weighted by Gasteiger charge is 2.36. The number of aliphatic imine (C=N–C) groups is 1. The molecule has 0 spiro atoms. The molecule has 3 rings (SSSR count). The lowest BCUT2D eigenvalue weighted by Crippen LogP contribution is -2.41. The number of aromatic nitrogens is 1. The van der Waals surface area contributed by atoms with Gasteiger partial charge in [0.05, 0.1) is 18.7 Å². The van der Waals surface area contributed by atoms with Crippen LogP contribution in [0.3, 0.4) is 0 Å². The van der Waals surface area contributed by atoms with Gasteiger partial charge in [0.2, 0.25) is 5.89 Å². The zero-order chi connectivity index (χ0) is 20.1. The van der Waals surface area contributed by atoms with Gasteiger partial charge < -0.3 is 19.4 Å². The van der Waals surface area contributed by atoms with Gasteiger partial charge in [-0.05, 0) is 25.0 Å². The summed E-state index contributed by atoms with van der Waals surface area (Å²) < 4.78 is 10.5. The molecule has 1 saturated heterocycles. The summed E-state index contributed by atoms with van der Waals surface area (Å²) in [6.45, 7) is 6.20. The molecule has 1 aromatic carbocycles. The molecule has 1 fully saturated rings. The van der Waals surface area contributed by atoms with E-state index in [1.54, 1.807) is 13.3 Å². The number of carbonyl (C=O) groups excluding carboxylic acids is 1. The van der Waals surface area contributed by atoms with Crippen molar-refractivity contribution in [2.75, 3.05) is 33.8 Å². The number of rotatable bonds is 5. The summed E-state index contributed by atoms with van der Waals surface area (Å²) >= 11 is 0. The Morgan fingerprint density at radius 2 is 2.07 bits per heavy atom. The van der Waals surface area contributed by atoms with Gasteiger partial charge in [-0.1, -0.05) is 24.6 Å². The maximum absolute atomic E-state index is 11.9. The third-order valence-corrected chi connectivity index (χ3v) is 5.14. The van der Waals surface area contributed by atoms with E-state index in [1.165, 1.54) is 12.7 Å². The Bertz CT molecular complexity index is 835. The predicted octanol–water partition coefficient (Wildman–Crippen LogP) is 3.13. The van der Waals surface area contributed by atoms with E-state index in [4.69, 9.17) is 9.15 Å². The Kier molecular flexibility index (Phi) is 8.48. The average molecular weight is 512 g/mol. The molecule has 2 unspecified atom stereocenters. The van der Waals surface area contributed by atoms with Crippen LogP contribution in [0, 0.1) is 18.8 Å². The summed E-state index contributed by atoms with van der Waals surface area (Å²) in [5.41, 5.74) is 3.07. The fourth-order valence-corrected chi connectivity index (χ4v) is 3.48. The molecule has 2 atom stereocenters. The van der Waals surface area contributed by atoms with Crippen LogP contribution in [0.15, 0.2) is 39.9 Å². The van der Waals surface area contributed by atoms with E-state index in [-0.39, 0.29) is 41.8 Å². The van der Waals surface area contributed by atoms with Gasteiger partial charge >= 0.3 is 5.97 Å². The molecular weight excluding hydrogens is 483 g/mol. The number of benzene rings is 1. The van der Waals surface area contributed by atoms with Crippen LogP contribution in [-0.2, 0) is 16.0 Å². The number of likely N-dealkylation sites (tertiary alicyclic amines) is 1. The van der Waals surface area contributed by atoms with Crippen LogP contribution in [0.2, 0.25) is 0 Å². The van der Waals surface area contributed by atoms with Gasteiger partial charge in [-0.25, -0.2) is 4.98 Å². The van der Waals surface area contributed by atoms with Crippen LogP contribution >= 0.6 is 24.0 Å². The number of hydrogen-bond donors (Lipinski definition) is 1. The Balaban J connectivity index is 0.00000300. The number of guanidine groups is 1. The van der Waals surface area contributed by atoms with Crippen molar-refractivity contribution in [3.05, 3.63) is 41.8 Å². The van der Waals surface area contributed by atoms with Gasteiger partial charge in [0, 0.05) is 38.7 Å². The Morgan fingerprint density at radius 3 is 2.72 bits per heavy atom. The fourth-order valence-electron chi connectivity index (χ4n) is 3.48. The molecule has 0 radical (unpaired) electrons. The number of esters is 1. The SMILES string of the molecule is CN=C(NCCc1coc(-c2ccc(C)cc2)n1)N1CC(C)C(C(=O)OC)C1.I. The van der Waals surface area contributed by atoms with Gasteiger partial charge in [0.1, 0.15) is 6.26 Å². The lowest BCUT2D eigenvalue weighted by atomic mass is 9.99. The van der Waals surface area contributed by atoms with E-state index >= 15 is 0 Å². The van der Waals surface area contributed by atoms with Crippen LogP contribution in [0.5, 0.6) is 0 Å².